The van der Waals surface area contributed by atoms with Crippen LogP contribution in [0.2, 0.25) is 5.02 Å². The molecule has 7 nitrogen and oxygen atoms in total. The minimum absolute atomic E-state index is 0.220. The molecule has 0 amide bonds. The zero-order chi connectivity index (χ0) is 25.7. The summed E-state index contributed by atoms with van der Waals surface area (Å²) in [7, 11) is 0. The van der Waals surface area contributed by atoms with E-state index in [1.165, 1.54) is 17.8 Å². The fourth-order valence-corrected chi connectivity index (χ4v) is 6.18. The molecule has 1 fully saturated rings. The van der Waals surface area contributed by atoms with Gasteiger partial charge in [-0.1, -0.05) is 29.4 Å². The average Bonchev–Trinajstić information content (AvgIpc) is 3.12. The first kappa shape index (κ1) is 25.1. The molecule has 2 aromatic heterocycles. The quantitative estimate of drug-likeness (QED) is 0.443. The maximum atomic E-state index is 13.2. The van der Waals surface area contributed by atoms with E-state index < -0.39 is 17.8 Å². The van der Waals surface area contributed by atoms with Crippen LogP contribution in [0.15, 0.2) is 46.6 Å². The van der Waals surface area contributed by atoms with Gasteiger partial charge in [-0.3, -0.25) is 0 Å². The number of pyridine rings is 1. The third-order valence-electron chi connectivity index (χ3n) is 7.11. The van der Waals surface area contributed by atoms with Gasteiger partial charge in [-0.2, -0.15) is 13.2 Å². The van der Waals surface area contributed by atoms with E-state index in [1.807, 2.05) is 4.90 Å². The number of hydrogen-bond acceptors (Lipinski definition) is 8. The molecule has 3 heterocycles. The summed E-state index contributed by atoms with van der Waals surface area (Å²) in [5.74, 6) is 0.804. The van der Waals surface area contributed by atoms with Crippen LogP contribution < -0.4 is 16.4 Å². The molecule has 3 aromatic rings. The highest BCUT2D eigenvalue weighted by atomic mass is 35.5. The maximum absolute atomic E-state index is 13.2. The number of fused-ring (bicyclic) bond motifs is 1. The number of alkyl halides is 3. The molecule has 5 rings (SSSR count). The van der Waals surface area contributed by atoms with Gasteiger partial charge >= 0.3 is 6.18 Å². The molecule has 0 radical (unpaired) electrons. The zero-order valence-corrected chi connectivity index (χ0v) is 20.7. The Kier molecular flexibility index (Phi) is 6.52. The van der Waals surface area contributed by atoms with Gasteiger partial charge in [-0.05, 0) is 54.0 Å². The molecule has 5 N–H and O–H groups in total. The monoisotopic (exact) mass is 536 g/mol. The molecule has 0 unspecified atom stereocenters. The van der Waals surface area contributed by atoms with Crippen LogP contribution in [0.4, 0.5) is 24.8 Å². The van der Waals surface area contributed by atoms with E-state index in [4.69, 9.17) is 23.1 Å². The van der Waals surface area contributed by atoms with Crippen LogP contribution in [0.5, 0.6) is 0 Å². The average molecular weight is 537 g/mol. The first-order valence-electron chi connectivity index (χ1n) is 11.4. The van der Waals surface area contributed by atoms with E-state index in [0.29, 0.717) is 64.4 Å². The Bertz CT molecular complexity index is 1300. The van der Waals surface area contributed by atoms with Gasteiger partial charge in [0.2, 0.25) is 0 Å². The summed E-state index contributed by atoms with van der Waals surface area (Å²) in [6.07, 6.45) is 0.814. The summed E-state index contributed by atoms with van der Waals surface area (Å²) in [5, 5.41) is 10.9. The fraction of sp³-hybridized carbons (Fsp3) is 0.375. The van der Waals surface area contributed by atoms with E-state index in [-0.39, 0.29) is 17.8 Å². The Labute approximate surface area is 215 Å². The first-order valence-corrected chi connectivity index (χ1v) is 12.6. The molecule has 1 aromatic carbocycles. The highest BCUT2D eigenvalue weighted by Gasteiger charge is 2.47. The van der Waals surface area contributed by atoms with Crippen LogP contribution >= 0.6 is 23.4 Å². The second kappa shape index (κ2) is 9.37. The molecular formula is C24H24ClF3N6OS. The maximum Gasteiger partial charge on any atom is 0.416 e. The van der Waals surface area contributed by atoms with Gasteiger partial charge in [0.15, 0.2) is 5.82 Å². The predicted octanol–water partition coefficient (Wildman–Crippen LogP) is 4.61. The van der Waals surface area contributed by atoms with Crippen molar-refractivity contribution in [3.63, 3.8) is 0 Å². The lowest BCUT2D eigenvalue weighted by molar-refractivity contribution is -0.137. The number of nitrogen functional groups attached to an aromatic ring is 1. The van der Waals surface area contributed by atoms with Crippen molar-refractivity contribution in [1.29, 1.82) is 0 Å². The van der Waals surface area contributed by atoms with Crippen LogP contribution in [0.25, 0.3) is 0 Å². The molecule has 1 spiro atoms. The normalized spacial score (nSPS) is 19.1. The topological polar surface area (TPSA) is 114 Å². The Morgan fingerprint density at radius 1 is 1.19 bits per heavy atom. The molecule has 2 aliphatic rings. The number of aliphatic hydroxyl groups excluding tert-OH is 1. The Morgan fingerprint density at radius 3 is 2.64 bits per heavy atom. The van der Waals surface area contributed by atoms with Crippen molar-refractivity contribution < 1.29 is 18.3 Å². The summed E-state index contributed by atoms with van der Waals surface area (Å²) < 4.78 is 39.7. The Morgan fingerprint density at radius 2 is 1.94 bits per heavy atom. The van der Waals surface area contributed by atoms with E-state index >= 15 is 0 Å². The zero-order valence-electron chi connectivity index (χ0n) is 19.1. The van der Waals surface area contributed by atoms with Crippen molar-refractivity contribution in [1.82, 2.24) is 15.0 Å². The molecule has 190 valence electrons. The number of anilines is 2. The molecule has 1 atom stereocenters. The van der Waals surface area contributed by atoms with Crippen LogP contribution in [-0.2, 0) is 19.2 Å². The summed E-state index contributed by atoms with van der Waals surface area (Å²) in [4.78, 5) is 15.8. The van der Waals surface area contributed by atoms with Crippen molar-refractivity contribution in [3.05, 3.63) is 64.1 Å². The second-order valence-corrected chi connectivity index (χ2v) is 10.6. The number of benzene rings is 1. The van der Waals surface area contributed by atoms with Gasteiger partial charge in [0.05, 0.1) is 23.4 Å². The smallest absolute Gasteiger partial charge is 0.390 e. The van der Waals surface area contributed by atoms with Gasteiger partial charge in [0.1, 0.15) is 16.5 Å². The van der Waals surface area contributed by atoms with E-state index in [0.717, 1.165) is 11.6 Å². The lowest BCUT2D eigenvalue weighted by atomic mass is 9.73. The second-order valence-electron chi connectivity index (χ2n) is 9.16. The third kappa shape index (κ3) is 4.49. The SMILES string of the molecule is Nc1nccc(Sc2cnc(N3CCC4(CC3)Cc3ccc(C(F)(F)F)cc3[C@H]4N)c(CO)n2)c1Cl. The molecule has 1 aliphatic carbocycles. The van der Waals surface area contributed by atoms with Crippen molar-refractivity contribution >= 4 is 35.0 Å². The van der Waals surface area contributed by atoms with Gasteiger partial charge in [0.25, 0.3) is 0 Å². The highest BCUT2D eigenvalue weighted by Crippen LogP contribution is 2.52. The highest BCUT2D eigenvalue weighted by molar-refractivity contribution is 7.99. The number of piperidine rings is 1. The molecule has 36 heavy (non-hydrogen) atoms. The molecule has 0 bridgehead atoms. The number of halogens is 4. The predicted molar refractivity (Wildman–Crippen MR) is 132 cm³/mol. The number of hydrogen-bond donors (Lipinski definition) is 3. The van der Waals surface area contributed by atoms with Gasteiger partial charge < -0.3 is 21.5 Å². The number of nitrogens with two attached hydrogens (primary N) is 2. The largest absolute Gasteiger partial charge is 0.416 e. The third-order valence-corrected chi connectivity index (χ3v) is 8.59. The van der Waals surface area contributed by atoms with Crippen LogP contribution in [-0.4, -0.2) is 33.1 Å². The fourth-order valence-electron chi connectivity index (χ4n) is 5.15. The van der Waals surface area contributed by atoms with Crippen molar-refractivity contribution in [2.45, 2.75) is 48.0 Å². The number of aromatic nitrogens is 3. The van der Waals surface area contributed by atoms with E-state index in [9.17, 15) is 18.3 Å². The number of nitrogens with zero attached hydrogens (tertiary/aromatic N) is 4. The van der Waals surface area contributed by atoms with E-state index in [2.05, 4.69) is 15.0 Å². The van der Waals surface area contributed by atoms with E-state index in [1.54, 1.807) is 24.5 Å². The molecular weight excluding hydrogens is 513 g/mol. The molecule has 0 saturated carbocycles. The van der Waals surface area contributed by atoms with Crippen molar-refractivity contribution in [3.8, 4) is 0 Å². The van der Waals surface area contributed by atoms with Gasteiger partial charge in [-0.15, -0.1) is 0 Å². The Hall–Kier alpha value is -2.60. The summed E-state index contributed by atoms with van der Waals surface area (Å²) >= 11 is 7.50. The summed E-state index contributed by atoms with van der Waals surface area (Å²) in [5.41, 5.74) is 13.3. The lowest BCUT2D eigenvalue weighted by Crippen LogP contribution is -2.45. The molecule has 1 saturated heterocycles. The van der Waals surface area contributed by atoms with Crippen LogP contribution in [0, 0.1) is 5.41 Å². The minimum atomic E-state index is -4.40. The number of aliphatic hydroxyl groups is 1. The number of rotatable bonds is 4. The Balaban J connectivity index is 1.32. The summed E-state index contributed by atoms with van der Waals surface area (Å²) in [6, 6.07) is 5.16. The van der Waals surface area contributed by atoms with Gasteiger partial charge in [-0.25, -0.2) is 15.0 Å². The van der Waals surface area contributed by atoms with Crippen molar-refractivity contribution in [2.75, 3.05) is 23.7 Å². The van der Waals surface area contributed by atoms with Crippen LogP contribution in [0.3, 0.4) is 0 Å². The van der Waals surface area contributed by atoms with Crippen LogP contribution in [0.1, 0.15) is 41.3 Å². The molecule has 1 aliphatic heterocycles. The lowest BCUT2D eigenvalue weighted by Gasteiger charge is -2.42. The summed E-state index contributed by atoms with van der Waals surface area (Å²) in [6.45, 7) is 0.916. The van der Waals surface area contributed by atoms with Crippen molar-refractivity contribution in [2.24, 2.45) is 11.1 Å². The minimum Gasteiger partial charge on any atom is -0.390 e. The molecule has 12 heteroatoms. The first-order chi connectivity index (χ1) is 17.1. The van der Waals surface area contributed by atoms with Gasteiger partial charge in [0, 0.05) is 30.2 Å². The standard InChI is InChI=1S/C24H24ClF3N6OS/c25-19-17(3-6-31-21(19)30)36-18-11-32-22(16(12-35)33-18)34-7-4-23(5-8-34)10-13-1-2-14(24(26,27)28)9-15(13)20(23)29/h1-3,6,9,11,20,35H,4-5,7-8,10,12,29H2,(H2,30,31)/t20-/m1/s1.